The van der Waals surface area contributed by atoms with E-state index in [-0.39, 0.29) is 30.7 Å². The SMILES string of the molecule is CCc1ccccc1NC(=O)C1CN(C(=O)c2ccc([N+](=O)[O-])o2)C1. The quantitative estimate of drug-likeness (QED) is 0.663. The summed E-state index contributed by atoms with van der Waals surface area (Å²) in [6.45, 7) is 2.53. The van der Waals surface area contributed by atoms with Crippen LogP contribution in [-0.4, -0.2) is 34.7 Å². The number of nitro groups is 1. The number of hydrogen-bond acceptors (Lipinski definition) is 5. The lowest BCUT2D eigenvalue weighted by molar-refractivity contribution is -0.402. The third kappa shape index (κ3) is 3.37. The summed E-state index contributed by atoms with van der Waals surface area (Å²) in [5.74, 6) is -1.48. The monoisotopic (exact) mass is 343 g/mol. The second kappa shape index (κ2) is 6.76. The van der Waals surface area contributed by atoms with Crippen LogP contribution in [0.15, 0.2) is 40.8 Å². The maximum Gasteiger partial charge on any atom is 0.433 e. The Morgan fingerprint density at radius 1 is 1.28 bits per heavy atom. The molecule has 0 radical (unpaired) electrons. The predicted molar refractivity (Wildman–Crippen MR) is 89.2 cm³/mol. The Bertz CT molecular complexity index is 823. The van der Waals surface area contributed by atoms with Gasteiger partial charge >= 0.3 is 5.88 Å². The second-order valence-corrected chi connectivity index (χ2v) is 5.80. The van der Waals surface area contributed by atoms with Crippen molar-refractivity contribution in [3.8, 4) is 0 Å². The average Bonchev–Trinajstić information content (AvgIpc) is 3.04. The van der Waals surface area contributed by atoms with Crippen LogP contribution in [0.3, 0.4) is 0 Å². The number of amides is 2. The normalized spacial score (nSPS) is 14.0. The Hall–Kier alpha value is -3.16. The first-order chi connectivity index (χ1) is 12.0. The van der Waals surface area contributed by atoms with Crippen molar-refractivity contribution in [1.29, 1.82) is 0 Å². The molecule has 1 fully saturated rings. The number of aryl methyl sites for hydroxylation is 1. The molecule has 0 aliphatic carbocycles. The Morgan fingerprint density at radius 2 is 2.00 bits per heavy atom. The number of anilines is 1. The van der Waals surface area contributed by atoms with Crippen LogP contribution in [0.5, 0.6) is 0 Å². The molecule has 1 aromatic carbocycles. The van der Waals surface area contributed by atoms with E-state index in [0.717, 1.165) is 23.7 Å². The molecule has 1 aliphatic heterocycles. The highest BCUT2D eigenvalue weighted by atomic mass is 16.6. The molecule has 1 aliphatic rings. The number of para-hydroxylation sites is 1. The van der Waals surface area contributed by atoms with Gasteiger partial charge in [0.05, 0.1) is 12.0 Å². The highest BCUT2D eigenvalue weighted by Gasteiger charge is 2.37. The molecule has 8 nitrogen and oxygen atoms in total. The Labute approximate surface area is 143 Å². The minimum Gasteiger partial charge on any atom is -0.395 e. The second-order valence-electron chi connectivity index (χ2n) is 5.80. The molecule has 2 heterocycles. The summed E-state index contributed by atoms with van der Waals surface area (Å²) in [5.41, 5.74) is 1.83. The average molecular weight is 343 g/mol. The van der Waals surface area contributed by atoms with E-state index in [1.807, 2.05) is 31.2 Å². The summed E-state index contributed by atoms with van der Waals surface area (Å²) < 4.78 is 4.89. The Kier molecular flexibility index (Phi) is 4.51. The van der Waals surface area contributed by atoms with Gasteiger partial charge in [0.25, 0.3) is 5.91 Å². The number of nitrogens with one attached hydrogen (secondary N) is 1. The highest BCUT2D eigenvalue weighted by molar-refractivity contribution is 5.97. The largest absolute Gasteiger partial charge is 0.433 e. The van der Waals surface area contributed by atoms with E-state index in [4.69, 9.17) is 4.42 Å². The van der Waals surface area contributed by atoms with E-state index in [2.05, 4.69) is 5.32 Å². The van der Waals surface area contributed by atoms with E-state index in [1.165, 1.54) is 11.0 Å². The van der Waals surface area contributed by atoms with Crippen molar-refractivity contribution in [3.63, 3.8) is 0 Å². The van der Waals surface area contributed by atoms with Crippen LogP contribution >= 0.6 is 0 Å². The molecule has 0 spiro atoms. The van der Waals surface area contributed by atoms with Gasteiger partial charge in [0.15, 0.2) is 5.76 Å². The summed E-state index contributed by atoms with van der Waals surface area (Å²) in [6, 6.07) is 9.98. The van der Waals surface area contributed by atoms with E-state index in [9.17, 15) is 19.7 Å². The fourth-order valence-corrected chi connectivity index (χ4v) is 2.69. The Balaban J connectivity index is 1.57. The summed E-state index contributed by atoms with van der Waals surface area (Å²) >= 11 is 0. The number of benzene rings is 1. The van der Waals surface area contributed by atoms with Gasteiger partial charge in [-0.3, -0.25) is 19.7 Å². The van der Waals surface area contributed by atoms with Crippen LogP contribution in [0.1, 0.15) is 23.0 Å². The smallest absolute Gasteiger partial charge is 0.395 e. The first-order valence-corrected chi connectivity index (χ1v) is 7.92. The molecular weight excluding hydrogens is 326 g/mol. The molecule has 2 aromatic rings. The molecule has 0 atom stereocenters. The summed E-state index contributed by atoms with van der Waals surface area (Å²) in [6.07, 6.45) is 0.809. The maximum atomic E-state index is 12.3. The molecule has 25 heavy (non-hydrogen) atoms. The minimum absolute atomic E-state index is 0.0955. The lowest BCUT2D eigenvalue weighted by Crippen LogP contribution is -2.54. The van der Waals surface area contributed by atoms with Crippen LogP contribution in [0.4, 0.5) is 11.6 Å². The molecule has 2 amide bonds. The van der Waals surface area contributed by atoms with Gasteiger partial charge in [0.1, 0.15) is 4.92 Å². The molecule has 0 saturated carbocycles. The number of rotatable bonds is 5. The summed E-state index contributed by atoms with van der Waals surface area (Å²) in [7, 11) is 0. The molecule has 1 saturated heterocycles. The van der Waals surface area contributed by atoms with E-state index < -0.39 is 16.7 Å². The van der Waals surface area contributed by atoms with Crippen LogP contribution in [-0.2, 0) is 11.2 Å². The third-order valence-corrected chi connectivity index (χ3v) is 4.18. The van der Waals surface area contributed by atoms with Gasteiger partial charge in [-0.25, -0.2) is 0 Å². The van der Waals surface area contributed by atoms with Gasteiger partial charge in [0.2, 0.25) is 5.91 Å². The van der Waals surface area contributed by atoms with E-state index in [0.29, 0.717) is 0 Å². The number of furan rings is 1. The molecule has 1 aromatic heterocycles. The lowest BCUT2D eigenvalue weighted by atomic mass is 9.98. The molecule has 0 bridgehead atoms. The van der Waals surface area contributed by atoms with E-state index in [1.54, 1.807) is 0 Å². The van der Waals surface area contributed by atoms with Crippen molar-refractivity contribution in [3.05, 3.63) is 57.8 Å². The topological polar surface area (TPSA) is 106 Å². The predicted octanol–water partition coefficient (Wildman–Crippen LogP) is 2.46. The minimum atomic E-state index is -0.700. The van der Waals surface area contributed by atoms with Crippen molar-refractivity contribution >= 4 is 23.4 Å². The number of carbonyl (C=O) groups excluding carboxylic acids is 2. The van der Waals surface area contributed by atoms with Gasteiger partial charge < -0.3 is 14.6 Å². The van der Waals surface area contributed by atoms with Crippen LogP contribution in [0, 0.1) is 16.0 Å². The summed E-state index contributed by atoms with van der Waals surface area (Å²) in [5, 5.41) is 13.5. The van der Waals surface area contributed by atoms with Gasteiger partial charge in [0, 0.05) is 18.8 Å². The van der Waals surface area contributed by atoms with E-state index >= 15 is 0 Å². The molecule has 130 valence electrons. The van der Waals surface area contributed by atoms with Crippen molar-refractivity contribution < 1.29 is 18.9 Å². The standard InChI is InChI=1S/C17H17N3O5/c1-2-11-5-3-4-6-13(11)18-16(21)12-9-19(10-12)17(22)14-7-8-15(25-14)20(23)24/h3-8,12H,2,9-10H2,1H3,(H,18,21). The number of nitrogens with zero attached hydrogens (tertiary/aromatic N) is 2. The van der Waals surface area contributed by atoms with Crippen molar-refractivity contribution in [2.75, 3.05) is 18.4 Å². The fourth-order valence-electron chi connectivity index (χ4n) is 2.69. The van der Waals surface area contributed by atoms with Gasteiger partial charge in [-0.15, -0.1) is 0 Å². The molecule has 8 heteroatoms. The third-order valence-electron chi connectivity index (χ3n) is 4.18. The number of hydrogen-bond donors (Lipinski definition) is 1. The number of likely N-dealkylation sites (tertiary alicyclic amines) is 1. The van der Waals surface area contributed by atoms with Crippen molar-refractivity contribution in [2.24, 2.45) is 5.92 Å². The van der Waals surface area contributed by atoms with Crippen molar-refractivity contribution in [1.82, 2.24) is 4.90 Å². The van der Waals surface area contributed by atoms with Crippen LogP contribution < -0.4 is 5.32 Å². The summed E-state index contributed by atoms with van der Waals surface area (Å²) in [4.78, 5) is 35.8. The lowest BCUT2D eigenvalue weighted by Gasteiger charge is -2.37. The first kappa shape index (κ1) is 16.7. The molecule has 3 rings (SSSR count). The molecular formula is C17H17N3O5. The Morgan fingerprint density at radius 3 is 2.64 bits per heavy atom. The zero-order chi connectivity index (χ0) is 18.0. The molecule has 0 unspecified atom stereocenters. The maximum absolute atomic E-state index is 12.3. The number of carbonyl (C=O) groups is 2. The van der Waals surface area contributed by atoms with Crippen LogP contribution in [0.2, 0.25) is 0 Å². The van der Waals surface area contributed by atoms with Crippen molar-refractivity contribution in [2.45, 2.75) is 13.3 Å². The van der Waals surface area contributed by atoms with Gasteiger partial charge in [-0.2, -0.15) is 0 Å². The first-order valence-electron chi connectivity index (χ1n) is 7.92. The zero-order valence-electron chi connectivity index (χ0n) is 13.6. The van der Waals surface area contributed by atoms with Crippen LogP contribution in [0.25, 0.3) is 0 Å². The molecule has 1 N–H and O–H groups in total. The van der Waals surface area contributed by atoms with Gasteiger partial charge in [-0.1, -0.05) is 25.1 Å². The zero-order valence-corrected chi connectivity index (χ0v) is 13.6. The van der Waals surface area contributed by atoms with Gasteiger partial charge in [-0.05, 0) is 24.1 Å². The fraction of sp³-hybridized carbons (Fsp3) is 0.294. The highest BCUT2D eigenvalue weighted by Crippen LogP contribution is 2.24.